The molecule has 3 aromatic rings. The monoisotopic (exact) mass is 394 g/mol. The minimum absolute atomic E-state index is 0.0306. The second-order valence-corrected chi connectivity index (χ2v) is 8.50. The molecule has 0 aliphatic carbocycles. The van der Waals surface area contributed by atoms with E-state index in [0.717, 1.165) is 47.9 Å². The van der Waals surface area contributed by atoms with Crippen molar-refractivity contribution in [2.24, 2.45) is 0 Å². The zero-order chi connectivity index (χ0) is 19.5. The van der Waals surface area contributed by atoms with Crippen LogP contribution in [0, 0.1) is 6.92 Å². The fourth-order valence-corrected chi connectivity index (χ4v) is 4.89. The average Bonchev–Trinajstić information content (AvgIpc) is 3.43. The molecule has 146 valence electrons. The first-order valence-electron chi connectivity index (χ1n) is 9.87. The summed E-state index contributed by atoms with van der Waals surface area (Å²) in [5.41, 5.74) is 4.25. The summed E-state index contributed by atoms with van der Waals surface area (Å²) in [7, 11) is 0. The third kappa shape index (κ3) is 4.18. The number of benzene rings is 1. The number of aromatic amines is 1. The zero-order valence-electron chi connectivity index (χ0n) is 16.4. The quantitative estimate of drug-likeness (QED) is 0.623. The van der Waals surface area contributed by atoms with Crippen LogP contribution >= 0.6 is 11.3 Å². The number of likely N-dealkylation sites (tertiary alicyclic amines) is 1. The molecule has 0 spiro atoms. The van der Waals surface area contributed by atoms with Crippen molar-refractivity contribution in [2.75, 3.05) is 11.9 Å². The molecule has 1 saturated heterocycles. The summed E-state index contributed by atoms with van der Waals surface area (Å²) in [4.78, 5) is 17.2. The molecule has 4 rings (SSSR count). The largest absolute Gasteiger partial charge is 0.321 e. The number of thiophene rings is 1. The average molecular weight is 395 g/mol. The maximum absolute atomic E-state index is 12.7. The van der Waals surface area contributed by atoms with Gasteiger partial charge in [-0.15, -0.1) is 11.3 Å². The highest BCUT2D eigenvalue weighted by atomic mass is 32.1. The van der Waals surface area contributed by atoms with E-state index in [1.54, 1.807) is 11.3 Å². The number of hydrogen-bond acceptors (Lipinski definition) is 4. The molecule has 1 atom stereocenters. The molecule has 1 aliphatic rings. The first-order chi connectivity index (χ1) is 13.6. The molecule has 1 aromatic carbocycles. The van der Waals surface area contributed by atoms with Crippen molar-refractivity contribution >= 4 is 22.9 Å². The van der Waals surface area contributed by atoms with Gasteiger partial charge in [-0.3, -0.25) is 14.8 Å². The van der Waals surface area contributed by atoms with E-state index in [9.17, 15) is 4.79 Å². The van der Waals surface area contributed by atoms with Crippen molar-refractivity contribution in [3.63, 3.8) is 0 Å². The van der Waals surface area contributed by atoms with E-state index < -0.39 is 0 Å². The van der Waals surface area contributed by atoms with Gasteiger partial charge in [-0.05, 0) is 68.6 Å². The Morgan fingerprint density at radius 3 is 3.00 bits per heavy atom. The van der Waals surface area contributed by atoms with E-state index in [1.165, 1.54) is 16.9 Å². The zero-order valence-corrected chi connectivity index (χ0v) is 17.2. The molecule has 0 saturated carbocycles. The number of H-pyrrole nitrogens is 1. The third-order valence-corrected chi connectivity index (χ3v) is 6.45. The summed E-state index contributed by atoms with van der Waals surface area (Å²) in [5, 5.41) is 10.4. The standard InChI is InChI=1S/C22H26N4OS/c1-3-16-6-4-7-17(13-16)23-22(27)21-10-9-20(28-21)19-8-5-11-26(19)14-18-12-15(2)24-25-18/h4,6-7,9-10,12-13,19H,3,5,8,11,14H2,1-2H3,(H,23,27)(H,24,25). The summed E-state index contributed by atoms with van der Waals surface area (Å²) in [6, 6.07) is 14.6. The highest BCUT2D eigenvalue weighted by molar-refractivity contribution is 7.14. The van der Waals surface area contributed by atoms with Crippen molar-refractivity contribution in [1.82, 2.24) is 15.1 Å². The molecule has 5 nitrogen and oxygen atoms in total. The number of amides is 1. The van der Waals surface area contributed by atoms with Gasteiger partial charge in [0, 0.05) is 28.8 Å². The van der Waals surface area contributed by atoms with Gasteiger partial charge in [0.25, 0.3) is 5.91 Å². The van der Waals surface area contributed by atoms with Crippen LogP contribution in [0.1, 0.15) is 57.3 Å². The van der Waals surface area contributed by atoms with Gasteiger partial charge in [0.05, 0.1) is 10.6 Å². The maximum Gasteiger partial charge on any atom is 0.265 e. The summed E-state index contributed by atoms with van der Waals surface area (Å²) in [5.74, 6) is -0.0306. The molecule has 0 bridgehead atoms. The molecule has 2 aromatic heterocycles. The Kier molecular flexibility index (Phi) is 5.59. The number of aryl methyl sites for hydroxylation is 2. The van der Waals surface area contributed by atoms with Gasteiger partial charge in [-0.1, -0.05) is 19.1 Å². The van der Waals surface area contributed by atoms with Crippen LogP contribution in [-0.2, 0) is 13.0 Å². The minimum atomic E-state index is -0.0306. The molecule has 1 aliphatic heterocycles. The number of hydrogen-bond donors (Lipinski definition) is 2. The number of aromatic nitrogens is 2. The van der Waals surface area contributed by atoms with Crippen LogP contribution in [0.4, 0.5) is 5.69 Å². The first kappa shape index (κ1) is 18.9. The molecule has 1 fully saturated rings. The lowest BCUT2D eigenvalue weighted by molar-refractivity contribution is 0.103. The van der Waals surface area contributed by atoms with Gasteiger partial charge in [-0.2, -0.15) is 5.10 Å². The Labute approximate surface area is 169 Å². The Hall–Kier alpha value is -2.44. The fourth-order valence-electron chi connectivity index (χ4n) is 3.82. The first-order valence-corrected chi connectivity index (χ1v) is 10.7. The fraction of sp³-hybridized carbons (Fsp3) is 0.364. The Bertz CT molecular complexity index is 961. The van der Waals surface area contributed by atoms with Gasteiger partial charge >= 0.3 is 0 Å². The molecular formula is C22H26N4OS. The second-order valence-electron chi connectivity index (χ2n) is 7.38. The Balaban J connectivity index is 1.44. The van der Waals surface area contributed by atoms with Gasteiger partial charge in [0.1, 0.15) is 0 Å². The predicted octanol–water partition coefficient (Wildman–Crippen LogP) is 4.93. The summed E-state index contributed by atoms with van der Waals surface area (Å²) >= 11 is 1.61. The number of nitrogens with zero attached hydrogens (tertiary/aromatic N) is 2. The van der Waals surface area contributed by atoms with Crippen LogP contribution in [-0.4, -0.2) is 27.5 Å². The number of nitrogens with one attached hydrogen (secondary N) is 2. The van der Waals surface area contributed by atoms with E-state index in [1.807, 2.05) is 31.2 Å². The van der Waals surface area contributed by atoms with Crippen molar-refractivity contribution in [1.29, 1.82) is 0 Å². The lowest BCUT2D eigenvalue weighted by Gasteiger charge is -2.22. The van der Waals surface area contributed by atoms with E-state index >= 15 is 0 Å². The summed E-state index contributed by atoms with van der Waals surface area (Å²) in [6.45, 7) is 6.06. The SMILES string of the molecule is CCc1cccc(NC(=O)c2ccc(C3CCCN3Cc3cc(C)[nH]n3)s2)c1. The number of carbonyl (C=O) groups is 1. The smallest absolute Gasteiger partial charge is 0.265 e. The predicted molar refractivity (Wildman–Crippen MR) is 114 cm³/mol. The Morgan fingerprint density at radius 2 is 2.21 bits per heavy atom. The van der Waals surface area contributed by atoms with Crippen LogP contribution in [0.5, 0.6) is 0 Å². The van der Waals surface area contributed by atoms with Gasteiger partial charge in [-0.25, -0.2) is 0 Å². The van der Waals surface area contributed by atoms with Gasteiger partial charge in [0.2, 0.25) is 0 Å². The molecule has 1 unspecified atom stereocenters. The molecule has 0 radical (unpaired) electrons. The number of anilines is 1. The normalized spacial score (nSPS) is 17.1. The maximum atomic E-state index is 12.7. The molecular weight excluding hydrogens is 368 g/mol. The number of rotatable bonds is 6. The molecule has 28 heavy (non-hydrogen) atoms. The van der Waals surface area contributed by atoms with Gasteiger partial charge in [0.15, 0.2) is 0 Å². The molecule has 1 amide bonds. The van der Waals surface area contributed by atoms with E-state index in [0.29, 0.717) is 6.04 Å². The minimum Gasteiger partial charge on any atom is -0.321 e. The molecule has 3 heterocycles. The van der Waals surface area contributed by atoms with Crippen LogP contribution in [0.2, 0.25) is 0 Å². The number of carbonyl (C=O) groups excluding carboxylic acids is 1. The third-order valence-electron chi connectivity index (χ3n) is 5.26. The van der Waals surface area contributed by atoms with Crippen LogP contribution in [0.3, 0.4) is 0 Å². The molecule has 2 N–H and O–H groups in total. The van der Waals surface area contributed by atoms with Crippen LogP contribution in [0.25, 0.3) is 0 Å². The summed E-state index contributed by atoms with van der Waals surface area (Å²) < 4.78 is 0. The topological polar surface area (TPSA) is 61.0 Å². The van der Waals surface area contributed by atoms with E-state index in [4.69, 9.17) is 0 Å². The highest BCUT2D eigenvalue weighted by Crippen LogP contribution is 2.37. The van der Waals surface area contributed by atoms with E-state index in [2.05, 4.69) is 45.5 Å². The van der Waals surface area contributed by atoms with Crippen molar-refractivity contribution in [3.05, 3.63) is 69.2 Å². The molecule has 6 heteroatoms. The van der Waals surface area contributed by atoms with Crippen molar-refractivity contribution in [3.8, 4) is 0 Å². The Morgan fingerprint density at radius 1 is 1.32 bits per heavy atom. The van der Waals surface area contributed by atoms with Crippen molar-refractivity contribution < 1.29 is 4.79 Å². The van der Waals surface area contributed by atoms with Crippen LogP contribution in [0.15, 0.2) is 42.5 Å². The highest BCUT2D eigenvalue weighted by Gasteiger charge is 2.28. The second kappa shape index (κ2) is 8.29. The van der Waals surface area contributed by atoms with Crippen LogP contribution < -0.4 is 5.32 Å². The van der Waals surface area contributed by atoms with Gasteiger partial charge < -0.3 is 5.32 Å². The lowest BCUT2D eigenvalue weighted by atomic mass is 10.1. The summed E-state index contributed by atoms with van der Waals surface area (Å²) in [6.07, 6.45) is 3.26. The lowest BCUT2D eigenvalue weighted by Crippen LogP contribution is -2.22. The van der Waals surface area contributed by atoms with E-state index in [-0.39, 0.29) is 5.91 Å². The van der Waals surface area contributed by atoms with Crippen molar-refractivity contribution in [2.45, 2.75) is 45.7 Å².